The van der Waals surface area contributed by atoms with Gasteiger partial charge in [-0.2, -0.15) is 5.26 Å². The molecule has 1 heterocycles. The van der Waals surface area contributed by atoms with Crippen LogP contribution in [0.15, 0.2) is 0 Å². The van der Waals surface area contributed by atoms with Crippen LogP contribution >= 0.6 is 0 Å². The lowest BCUT2D eigenvalue weighted by molar-refractivity contribution is -0.125. The first-order valence-electron chi connectivity index (χ1n) is 9.72. The molecular weight excluding hydrogens is 286 g/mol. The van der Waals surface area contributed by atoms with Crippen LogP contribution in [0.2, 0.25) is 0 Å². The lowest BCUT2D eigenvalue weighted by Gasteiger charge is -2.31. The third-order valence-corrected chi connectivity index (χ3v) is 6.24. The second-order valence-electron chi connectivity index (χ2n) is 7.79. The number of nitrogens with zero attached hydrogens (tertiary/aromatic N) is 2. The van der Waals surface area contributed by atoms with Crippen molar-refractivity contribution in [2.45, 2.75) is 82.7 Å². The van der Waals surface area contributed by atoms with E-state index in [1.54, 1.807) is 0 Å². The van der Waals surface area contributed by atoms with Gasteiger partial charge in [0, 0.05) is 12.6 Å². The first kappa shape index (κ1) is 16.8. The number of nitrogens with one attached hydrogen (secondary N) is 1. The summed E-state index contributed by atoms with van der Waals surface area (Å²) in [4.78, 5) is 15.1. The first-order chi connectivity index (χ1) is 11.3. The van der Waals surface area contributed by atoms with E-state index < -0.39 is 0 Å². The molecule has 2 atom stereocenters. The molecule has 0 aromatic carbocycles. The Balaban J connectivity index is 1.49. The SMILES string of the molecule is N#CC(NC(=O)C1CCN(C2CCCCC2)C1)C1CCCCC1. The Morgan fingerprint density at radius 1 is 1.00 bits per heavy atom. The summed E-state index contributed by atoms with van der Waals surface area (Å²) < 4.78 is 0. The Hall–Kier alpha value is -1.08. The fourth-order valence-corrected chi connectivity index (χ4v) is 4.77. The molecule has 2 unspecified atom stereocenters. The molecule has 4 heteroatoms. The molecule has 128 valence electrons. The van der Waals surface area contributed by atoms with E-state index in [1.165, 1.54) is 51.4 Å². The summed E-state index contributed by atoms with van der Waals surface area (Å²) in [6.07, 6.45) is 13.5. The quantitative estimate of drug-likeness (QED) is 0.866. The lowest BCUT2D eigenvalue weighted by atomic mass is 9.84. The van der Waals surface area contributed by atoms with Crippen molar-refractivity contribution in [1.29, 1.82) is 5.26 Å². The predicted octanol–water partition coefficient (Wildman–Crippen LogP) is 3.23. The van der Waals surface area contributed by atoms with Gasteiger partial charge in [0.25, 0.3) is 0 Å². The molecule has 0 aromatic rings. The molecule has 4 nitrogen and oxygen atoms in total. The second kappa shape index (κ2) is 8.15. The van der Waals surface area contributed by atoms with Crippen LogP contribution in [0.3, 0.4) is 0 Å². The average molecular weight is 317 g/mol. The van der Waals surface area contributed by atoms with Crippen LogP contribution in [0.1, 0.15) is 70.6 Å². The molecule has 1 amide bonds. The van der Waals surface area contributed by atoms with Crippen molar-refractivity contribution >= 4 is 5.91 Å². The van der Waals surface area contributed by atoms with Crippen LogP contribution < -0.4 is 5.32 Å². The lowest BCUT2D eigenvalue weighted by Crippen LogP contribution is -2.44. The highest BCUT2D eigenvalue weighted by Gasteiger charge is 2.34. The minimum absolute atomic E-state index is 0.0939. The summed E-state index contributed by atoms with van der Waals surface area (Å²) in [5.74, 6) is 0.588. The van der Waals surface area contributed by atoms with Gasteiger partial charge in [-0.15, -0.1) is 0 Å². The predicted molar refractivity (Wildman–Crippen MR) is 90.7 cm³/mol. The highest BCUT2D eigenvalue weighted by atomic mass is 16.2. The van der Waals surface area contributed by atoms with Crippen molar-refractivity contribution in [2.24, 2.45) is 11.8 Å². The smallest absolute Gasteiger partial charge is 0.225 e. The van der Waals surface area contributed by atoms with E-state index >= 15 is 0 Å². The van der Waals surface area contributed by atoms with Crippen molar-refractivity contribution < 1.29 is 4.79 Å². The van der Waals surface area contributed by atoms with Gasteiger partial charge >= 0.3 is 0 Å². The number of carbonyl (C=O) groups excluding carboxylic acids is 1. The molecule has 3 rings (SSSR count). The van der Waals surface area contributed by atoms with Gasteiger partial charge in [-0.05, 0) is 44.6 Å². The summed E-state index contributed by atoms with van der Waals surface area (Å²) >= 11 is 0. The van der Waals surface area contributed by atoms with Crippen molar-refractivity contribution in [3.8, 4) is 6.07 Å². The molecule has 1 N–H and O–H groups in total. The largest absolute Gasteiger partial charge is 0.340 e. The van der Waals surface area contributed by atoms with Crippen molar-refractivity contribution in [3.63, 3.8) is 0 Å². The molecule has 23 heavy (non-hydrogen) atoms. The number of carbonyl (C=O) groups is 1. The maximum Gasteiger partial charge on any atom is 0.225 e. The maximum absolute atomic E-state index is 12.6. The van der Waals surface area contributed by atoms with Gasteiger partial charge < -0.3 is 5.32 Å². The van der Waals surface area contributed by atoms with E-state index in [-0.39, 0.29) is 17.9 Å². The molecule has 1 saturated heterocycles. The fourth-order valence-electron chi connectivity index (χ4n) is 4.77. The molecule has 1 aliphatic heterocycles. The zero-order chi connectivity index (χ0) is 16.1. The molecule has 3 fully saturated rings. The number of nitriles is 1. The Morgan fingerprint density at radius 2 is 1.65 bits per heavy atom. The van der Waals surface area contributed by atoms with Crippen molar-refractivity contribution in [3.05, 3.63) is 0 Å². The molecule has 2 aliphatic carbocycles. The zero-order valence-electron chi connectivity index (χ0n) is 14.3. The topological polar surface area (TPSA) is 56.1 Å². The molecule has 0 aromatic heterocycles. The second-order valence-corrected chi connectivity index (χ2v) is 7.79. The molecule has 3 aliphatic rings. The number of amides is 1. The van der Waals surface area contributed by atoms with E-state index in [0.717, 1.165) is 32.4 Å². The van der Waals surface area contributed by atoms with E-state index in [9.17, 15) is 10.1 Å². The monoisotopic (exact) mass is 317 g/mol. The van der Waals surface area contributed by atoms with Gasteiger partial charge in [0.2, 0.25) is 5.91 Å². The van der Waals surface area contributed by atoms with Crippen LogP contribution in [0.25, 0.3) is 0 Å². The van der Waals surface area contributed by atoms with Crippen LogP contribution in [-0.2, 0) is 4.79 Å². The molecular formula is C19H31N3O. The summed E-state index contributed by atoms with van der Waals surface area (Å²) in [5.41, 5.74) is 0. The van der Waals surface area contributed by atoms with Gasteiger partial charge in [-0.25, -0.2) is 0 Å². The van der Waals surface area contributed by atoms with Crippen molar-refractivity contribution in [2.75, 3.05) is 13.1 Å². The van der Waals surface area contributed by atoms with E-state index in [4.69, 9.17) is 0 Å². The van der Waals surface area contributed by atoms with Crippen LogP contribution in [-0.4, -0.2) is 36.0 Å². The number of likely N-dealkylation sites (tertiary alicyclic amines) is 1. The normalized spacial score (nSPS) is 29.1. The van der Waals surface area contributed by atoms with Gasteiger partial charge in [0.1, 0.15) is 6.04 Å². The van der Waals surface area contributed by atoms with E-state index in [1.807, 2.05) is 0 Å². The minimum atomic E-state index is -0.272. The maximum atomic E-state index is 12.6. The third kappa shape index (κ3) is 4.26. The summed E-state index contributed by atoms with van der Waals surface area (Å²) in [6.45, 7) is 1.96. The zero-order valence-corrected chi connectivity index (χ0v) is 14.3. The molecule has 0 spiro atoms. The number of hydrogen-bond acceptors (Lipinski definition) is 3. The summed E-state index contributed by atoms with van der Waals surface area (Å²) in [5, 5.41) is 12.5. The first-order valence-corrected chi connectivity index (χ1v) is 9.72. The number of rotatable bonds is 4. The molecule has 0 radical (unpaired) electrons. The van der Waals surface area contributed by atoms with Gasteiger partial charge in [0.05, 0.1) is 12.0 Å². The van der Waals surface area contributed by atoms with E-state index in [2.05, 4.69) is 16.3 Å². The standard InChI is InChI=1S/C19H31N3O/c20-13-18(15-7-3-1-4-8-15)21-19(23)16-11-12-22(14-16)17-9-5-2-6-10-17/h15-18H,1-12,14H2,(H,21,23). The Labute approximate surface area is 140 Å². The highest BCUT2D eigenvalue weighted by Crippen LogP contribution is 2.29. The van der Waals surface area contributed by atoms with Gasteiger partial charge in [-0.3, -0.25) is 9.69 Å². The van der Waals surface area contributed by atoms with E-state index in [0.29, 0.717) is 12.0 Å². The number of hydrogen-bond donors (Lipinski definition) is 1. The minimum Gasteiger partial charge on any atom is -0.340 e. The Morgan fingerprint density at radius 3 is 2.30 bits per heavy atom. The highest BCUT2D eigenvalue weighted by molar-refractivity contribution is 5.79. The van der Waals surface area contributed by atoms with Gasteiger partial charge in [-0.1, -0.05) is 38.5 Å². The average Bonchev–Trinajstić information content (AvgIpc) is 3.11. The Bertz CT molecular complexity index is 432. The van der Waals surface area contributed by atoms with Gasteiger partial charge in [0.15, 0.2) is 0 Å². The van der Waals surface area contributed by atoms with Crippen LogP contribution in [0.5, 0.6) is 0 Å². The Kier molecular flexibility index (Phi) is 5.94. The van der Waals surface area contributed by atoms with Crippen molar-refractivity contribution in [1.82, 2.24) is 10.2 Å². The van der Waals surface area contributed by atoms with Crippen LogP contribution in [0, 0.1) is 23.2 Å². The van der Waals surface area contributed by atoms with Crippen LogP contribution in [0.4, 0.5) is 0 Å². The fraction of sp³-hybridized carbons (Fsp3) is 0.895. The molecule has 2 saturated carbocycles. The molecule has 0 bridgehead atoms. The third-order valence-electron chi connectivity index (χ3n) is 6.24. The summed E-state index contributed by atoms with van der Waals surface area (Å²) in [7, 11) is 0. The summed E-state index contributed by atoms with van der Waals surface area (Å²) in [6, 6.07) is 2.78.